The summed E-state index contributed by atoms with van der Waals surface area (Å²) in [6, 6.07) is 8.91. The third-order valence-corrected chi connectivity index (χ3v) is 3.52. The lowest BCUT2D eigenvalue weighted by Crippen LogP contribution is -2.21. The van der Waals surface area contributed by atoms with Crippen molar-refractivity contribution in [1.29, 1.82) is 0 Å². The highest BCUT2D eigenvalue weighted by Crippen LogP contribution is 2.24. The van der Waals surface area contributed by atoms with Crippen LogP contribution in [0.5, 0.6) is 0 Å². The Morgan fingerprint density at radius 2 is 1.89 bits per heavy atom. The summed E-state index contributed by atoms with van der Waals surface area (Å²) in [5.41, 5.74) is 0.589. The van der Waals surface area contributed by atoms with Crippen LogP contribution in [0.15, 0.2) is 30.3 Å². The monoisotopic (exact) mass is 248 g/mol. The number of carbonyl (C=O) groups is 1. The smallest absolute Gasteiger partial charge is 0.339 e. The highest BCUT2D eigenvalue weighted by molar-refractivity contribution is 5.76. The van der Waals surface area contributed by atoms with E-state index < -0.39 is 12.1 Å². The van der Waals surface area contributed by atoms with Crippen LogP contribution < -0.4 is 0 Å². The van der Waals surface area contributed by atoms with Crippen LogP contribution in [-0.2, 0) is 9.53 Å². The van der Waals surface area contributed by atoms with Gasteiger partial charge in [-0.3, -0.25) is 0 Å². The van der Waals surface area contributed by atoms with Crippen molar-refractivity contribution in [1.82, 2.24) is 0 Å². The van der Waals surface area contributed by atoms with Gasteiger partial charge < -0.3 is 9.84 Å². The molecule has 3 heteroatoms. The van der Waals surface area contributed by atoms with Gasteiger partial charge in [0.2, 0.25) is 0 Å². The van der Waals surface area contributed by atoms with Crippen molar-refractivity contribution in [3.63, 3.8) is 0 Å². The lowest BCUT2D eigenvalue weighted by molar-refractivity contribution is -0.155. The Hall–Kier alpha value is -1.35. The zero-order chi connectivity index (χ0) is 12.8. The molecular formula is C15H20O3. The Balaban J connectivity index is 1.80. The number of hydrogen-bond acceptors (Lipinski definition) is 3. The fourth-order valence-corrected chi connectivity index (χ4v) is 2.40. The van der Waals surface area contributed by atoms with Crippen LogP contribution in [0.3, 0.4) is 0 Å². The molecule has 0 saturated heterocycles. The predicted octanol–water partition coefficient (Wildman–Crippen LogP) is 2.84. The molecule has 0 amide bonds. The molecule has 0 bridgehead atoms. The Labute approximate surface area is 108 Å². The maximum Gasteiger partial charge on any atom is 0.339 e. The minimum atomic E-state index is -1.16. The summed E-state index contributed by atoms with van der Waals surface area (Å²) in [6.07, 6.45) is 4.85. The lowest BCUT2D eigenvalue weighted by atomic mass is 9.90. The minimum absolute atomic E-state index is 0.447. The van der Waals surface area contributed by atoms with Crippen LogP contribution in [-0.4, -0.2) is 17.7 Å². The van der Waals surface area contributed by atoms with Gasteiger partial charge in [0.15, 0.2) is 6.10 Å². The van der Waals surface area contributed by atoms with Crippen molar-refractivity contribution in [3.05, 3.63) is 35.9 Å². The second-order valence-corrected chi connectivity index (χ2v) is 4.95. The van der Waals surface area contributed by atoms with Crippen molar-refractivity contribution in [3.8, 4) is 0 Å². The van der Waals surface area contributed by atoms with E-state index in [4.69, 9.17) is 4.74 Å². The van der Waals surface area contributed by atoms with E-state index in [0.717, 1.165) is 12.8 Å². The predicted molar refractivity (Wildman–Crippen MR) is 68.9 cm³/mol. The van der Waals surface area contributed by atoms with Gasteiger partial charge in [0.1, 0.15) is 0 Å². The number of aliphatic hydroxyl groups excluding tert-OH is 1. The average Bonchev–Trinajstić information content (AvgIpc) is 2.46. The van der Waals surface area contributed by atoms with Gasteiger partial charge >= 0.3 is 5.97 Å². The third-order valence-electron chi connectivity index (χ3n) is 3.52. The molecule has 2 rings (SSSR count). The molecule has 1 aromatic rings. The molecule has 1 unspecified atom stereocenters. The highest BCUT2D eigenvalue weighted by atomic mass is 16.5. The number of esters is 1. The Kier molecular flexibility index (Phi) is 4.76. The molecule has 1 N–H and O–H groups in total. The number of hydrogen-bond donors (Lipinski definition) is 1. The van der Waals surface area contributed by atoms with Gasteiger partial charge in [-0.15, -0.1) is 0 Å². The molecule has 0 radical (unpaired) electrons. The largest absolute Gasteiger partial charge is 0.463 e. The van der Waals surface area contributed by atoms with Gasteiger partial charge in [-0.2, -0.15) is 0 Å². The first kappa shape index (κ1) is 13.1. The molecule has 1 fully saturated rings. The minimum Gasteiger partial charge on any atom is -0.463 e. The summed E-state index contributed by atoms with van der Waals surface area (Å²) in [7, 11) is 0. The molecular weight excluding hydrogens is 228 g/mol. The van der Waals surface area contributed by atoms with Crippen LogP contribution in [0.1, 0.15) is 43.8 Å². The average molecular weight is 248 g/mol. The summed E-state index contributed by atoms with van der Waals surface area (Å²) in [5.74, 6) is -0.0579. The zero-order valence-corrected chi connectivity index (χ0v) is 10.5. The van der Waals surface area contributed by atoms with E-state index in [0.29, 0.717) is 18.1 Å². The van der Waals surface area contributed by atoms with Crippen molar-refractivity contribution in [2.45, 2.75) is 38.2 Å². The molecule has 0 heterocycles. The molecule has 1 atom stereocenters. The number of ether oxygens (including phenoxy) is 1. The summed E-state index contributed by atoms with van der Waals surface area (Å²) < 4.78 is 5.21. The van der Waals surface area contributed by atoms with Crippen LogP contribution >= 0.6 is 0 Å². The Morgan fingerprint density at radius 3 is 2.56 bits per heavy atom. The first-order chi connectivity index (χ1) is 8.77. The first-order valence-electron chi connectivity index (χ1n) is 6.67. The third kappa shape index (κ3) is 3.57. The number of rotatable bonds is 4. The van der Waals surface area contributed by atoms with E-state index >= 15 is 0 Å². The topological polar surface area (TPSA) is 46.5 Å². The fourth-order valence-electron chi connectivity index (χ4n) is 2.40. The summed E-state index contributed by atoms with van der Waals surface area (Å²) in [4.78, 5) is 11.7. The maximum atomic E-state index is 11.7. The Morgan fingerprint density at radius 1 is 1.22 bits per heavy atom. The molecule has 0 aliphatic heterocycles. The summed E-state index contributed by atoms with van der Waals surface area (Å²) in [5, 5.41) is 9.84. The fraction of sp³-hybridized carbons (Fsp3) is 0.533. The maximum absolute atomic E-state index is 11.7. The SMILES string of the molecule is O=C(OCC1CCCCC1)C(O)c1ccccc1. The second kappa shape index (κ2) is 6.55. The molecule has 18 heavy (non-hydrogen) atoms. The summed E-state index contributed by atoms with van der Waals surface area (Å²) in [6.45, 7) is 0.447. The quantitative estimate of drug-likeness (QED) is 0.833. The van der Waals surface area contributed by atoms with E-state index in [-0.39, 0.29) is 0 Å². The molecule has 98 valence electrons. The highest BCUT2D eigenvalue weighted by Gasteiger charge is 2.21. The van der Waals surface area contributed by atoms with E-state index in [1.54, 1.807) is 24.3 Å². The van der Waals surface area contributed by atoms with E-state index in [1.165, 1.54) is 19.3 Å². The van der Waals surface area contributed by atoms with Crippen LogP contribution in [0, 0.1) is 5.92 Å². The van der Waals surface area contributed by atoms with Gasteiger partial charge in [-0.1, -0.05) is 49.6 Å². The molecule has 1 aromatic carbocycles. The number of aliphatic hydroxyl groups is 1. The van der Waals surface area contributed by atoms with Crippen LogP contribution in [0.4, 0.5) is 0 Å². The molecule has 1 saturated carbocycles. The van der Waals surface area contributed by atoms with Crippen molar-refractivity contribution in [2.75, 3.05) is 6.61 Å². The van der Waals surface area contributed by atoms with E-state index in [9.17, 15) is 9.90 Å². The van der Waals surface area contributed by atoms with Gasteiger partial charge in [-0.05, 0) is 24.3 Å². The lowest BCUT2D eigenvalue weighted by Gasteiger charge is -2.21. The molecule has 0 spiro atoms. The molecule has 3 nitrogen and oxygen atoms in total. The van der Waals surface area contributed by atoms with Gasteiger partial charge in [0.05, 0.1) is 6.61 Å². The van der Waals surface area contributed by atoms with Crippen molar-refractivity contribution < 1.29 is 14.6 Å². The van der Waals surface area contributed by atoms with Crippen molar-refractivity contribution >= 4 is 5.97 Å². The standard InChI is InChI=1S/C15H20O3/c16-14(13-9-5-2-6-10-13)15(17)18-11-12-7-3-1-4-8-12/h2,5-6,9-10,12,14,16H,1,3-4,7-8,11H2. The molecule has 1 aliphatic carbocycles. The van der Waals surface area contributed by atoms with E-state index in [2.05, 4.69) is 0 Å². The van der Waals surface area contributed by atoms with Gasteiger partial charge in [-0.25, -0.2) is 4.79 Å². The van der Waals surface area contributed by atoms with Gasteiger partial charge in [0.25, 0.3) is 0 Å². The molecule has 1 aliphatic rings. The normalized spacial score (nSPS) is 18.3. The molecule has 0 aromatic heterocycles. The van der Waals surface area contributed by atoms with Crippen LogP contribution in [0.25, 0.3) is 0 Å². The van der Waals surface area contributed by atoms with Crippen LogP contribution in [0.2, 0.25) is 0 Å². The number of benzene rings is 1. The first-order valence-corrected chi connectivity index (χ1v) is 6.67. The zero-order valence-electron chi connectivity index (χ0n) is 10.5. The van der Waals surface area contributed by atoms with Gasteiger partial charge in [0, 0.05) is 0 Å². The van der Waals surface area contributed by atoms with E-state index in [1.807, 2.05) is 6.07 Å². The summed E-state index contributed by atoms with van der Waals surface area (Å²) >= 11 is 0. The second-order valence-electron chi connectivity index (χ2n) is 4.95. The van der Waals surface area contributed by atoms with Crippen molar-refractivity contribution in [2.24, 2.45) is 5.92 Å². The number of carbonyl (C=O) groups excluding carboxylic acids is 1. The Bertz CT molecular complexity index is 369.